The standard InChI is InChI=1S/C12H14BrClN2O3/c1-6(2)10(11(17)18)16-12(19)15-9-5-7(13)3-4-8(9)14/h3-6,10H,1-2H3,(H,17,18)(H2,15,16,19)/t10-/m0/s1. The maximum absolute atomic E-state index is 11.7. The third-order valence-corrected chi connectivity index (χ3v) is 3.22. The van der Waals surface area contributed by atoms with E-state index in [4.69, 9.17) is 16.7 Å². The molecule has 7 heteroatoms. The highest BCUT2D eigenvalue weighted by Gasteiger charge is 2.23. The summed E-state index contributed by atoms with van der Waals surface area (Å²) in [6.07, 6.45) is 0. The van der Waals surface area contributed by atoms with Gasteiger partial charge in [0.05, 0.1) is 10.7 Å². The second-order valence-electron chi connectivity index (χ2n) is 4.28. The zero-order valence-electron chi connectivity index (χ0n) is 10.4. The zero-order valence-corrected chi connectivity index (χ0v) is 12.7. The van der Waals surface area contributed by atoms with Crippen molar-refractivity contribution in [3.8, 4) is 0 Å². The molecule has 19 heavy (non-hydrogen) atoms. The molecule has 0 aromatic heterocycles. The van der Waals surface area contributed by atoms with Gasteiger partial charge in [0.15, 0.2) is 0 Å². The Balaban J connectivity index is 2.74. The highest BCUT2D eigenvalue weighted by atomic mass is 79.9. The Hall–Kier alpha value is -1.27. The summed E-state index contributed by atoms with van der Waals surface area (Å²) in [5.74, 6) is -1.30. The summed E-state index contributed by atoms with van der Waals surface area (Å²) in [6, 6.07) is 3.43. The van der Waals surface area contributed by atoms with Crippen LogP contribution in [0.4, 0.5) is 10.5 Å². The third kappa shape index (κ3) is 4.72. The van der Waals surface area contributed by atoms with Crippen molar-refractivity contribution in [3.05, 3.63) is 27.7 Å². The largest absolute Gasteiger partial charge is 0.480 e. The highest BCUT2D eigenvalue weighted by Crippen LogP contribution is 2.25. The van der Waals surface area contributed by atoms with Gasteiger partial charge in [-0.3, -0.25) is 0 Å². The van der Waals surface area contributed by atoms with Crippen LogP contribution in [0.25, 0.3) is 0 Å². The zero-order chi connectivity index (χ0) is 14.6. The first-order chi connectivity index (χ1) is 8.81. The molecule has 1 atom stereocenters. The molecule has 1 rings (SSSR count). The number of anilines is 1. The molecule has 0 aliphatic carbocycles. The Morgan fingerprint density at radius 1 is 1.37 bits per heavy atom. The van der Waals surface area contributed by atoms with Crippen LogP contribution in [0, 0.1) is 5.92 Å². The van der Waals surface area contributed by atoms with Crippen LogP contribution in [0.3, 0.4) is 0 Å². The molecule has 0 aliphatic rings. The van der Waals surface area contributed by atoms with Crippen LogP contribution in [-0.4, -0.2) is 23.1 Å². The van der Waals surface area contributed by atoms with E-state index in [0.717, 1.165) is 4.47 Å². The Labute approximate surface area is 124 Å². The molecular formula is C12H14BrClN2O3. The monoisotopic (exact) mass is 348 g/mol. The molecule has 1 aromatic rings. The number of hydrogen-bond acceptors (Lipinski definition) is 2. The van der Waals surface area contributed by atoms with Gasteiger partial charge >= 0.3 is 12.0 Å². The second kappa shape index (κ2) is 6.77. The highest BCUT2D eigenvalue weighted by molar-refractivity contribution is 9.10. The average Bonchev–Trinajstić information content (AvgIpc) is 2.30. The predicted molar refractivity (Wildman–Crippen MR) is 77.6 cm³/mol. The van der Waals surface area contributed by atoms with E-state index < -0.39 is 18.0 Å². The molecule has 0 saturated carbocycles. The van der Waals surface area contributed by atoms with Gasteiger partial charge in [-0.15, -0.1) is 0 Å². The number of carbonyl (C=O) groups excluding carboxylic acids is 1. The van der Waals surface area contributed by atoms with Crippen molar-refractivity contribution in [1.29, 1.82) is 0 Å². The first-order valence-corrected chi connectivity index (χ1v) is 6.73. The number of carboxylic acids is 1. The summed E-state index contributed by atoms with van der Waals surface area (Å²) < 4.78 is 0.755. The van der Waals surface area contributed by atoms with Crippen molar-refractivity contribution in [3.63, 3.8) is 0 Å². The molecular weight excluding hydrogens is 336 g/mol. The summed E-state index contributed by atoms with van der Waals surface area (Å²) in [4.78, 5) is 22.7. The number of aliphatic carboxylic acids is 1. The summed E-state index contributed by atoms with van der Waals surface area (Å²) in [5, 5.41) is 14.3. The van der Waals surface area contributed by atoms with Gasteiger partial charge in [-0.2, -0.15) is 0 Å². The van der Waals surface area contributed by atoms with Crippen LogP contribution >= 0.6 is 27.5 Å². The number of urea groups is 1. The van der Waals surface area contributed by atoms with E-state index >= 15 is 0 Å². The Morgan fingerprint density at radius 2 is 2.00 bits per heavy atom. The van der Waals surface area contributed by atoms with Gasteiger partial charge in [0.25, 0.3) is 0 Å². The van der Waals surface area contributed by atoms with Crippen LogP contribution in [-0.2, 0) is 4.79 Å². The summed E-state index contributed by atoms with van der Waals surface area (Å²) in [6.45, 7) is 3.43. The van der Waals surface area contributed by atoms with E-state index in [1.165, 1.54) is 0 Å². The molecule has 0 unspecified atom stereocenters. The molecule has 104 valence electrons. The normalized spacial score (nSPS) is 12.1. The van der Waals surface area contributed by atoms with Crippen molar-refractivity contribution in [2.75, 3.05) is 5.32 Å². The number of nitrogens with one attached hydrogen (secondary N) is 2. The molecule has 1 aromatic carbocycles. The van der Waals surface area contributed by atoms with Crippen LogP contribution < -0.4 is 10.6 Å². The summed E-state index contributed by atoms with van der Waals surface area (Å²) in [5.41, 5.74) is 0.404. The topological polar surface area (TPSA) is 78.4 Å². The van der Waals surface area contributed by atoms with Crippen molar-refractivity contribution < 1.29 is 14.7 Å². The van der Waals surface area contributed by atoms with Gasteiger partial charge in [0.2, 0.25) is 0 Å². The molecule has 0 saturated heterocycles. The van der Waals surface area contributed by atoms with Crippen molar-refractivity contribution in [2.45, 2.75) is 19.9 Å². The number of carbonyl (C=O) groups is 2. The Morgan fingerprint density at radius 3 is 2.53 bits per heavy atom. The summed E-state index contributed by atoms with van der Waals surface area (Å²) >= 11 is 9.18. The lowest BCUT2D eigenvalue weighted by molar-refractivity contribution is -0.140. The Bertz CT molecular complexity index is 494. The maximum atomic E-state index is 11.7. The van der Waals surface area contributed by atoms with Crippen LogP contribution in [0.5, 0.6) is 0 Å². The molecule has 0 aliphatic heterocycles. The lowest BCUT2D eigenvalue weighted by Crippen LogP contribution is -2.46. The van der Waals surface area contributed by atoms with E-state index in [2.05, 4.69) is 26.6 Å². The molecule has 0 heterocycles. The quantitative estimate of drug-likeness (QED) is 0.780. The van der Waals surface area contributed by atoms with E-state index in [1.807, 2.05) is 0 Å². The predicted octanol–water partition coefficient (Wildman–Crippen LogP) is 3.33. The van der Waals surface area contributed by atoms with Crippen LogP contribution in [0.1, 0.15) is 13.8 Å². The fourth-order valence-electron chi connectivity index (χ4n) is 1.41. The Kier molecular flexibility index (Phi) is 5.62. The smallest absolute Gasteiger partial charge is 0.326 e. The third-order valence-electron chi connectivity index (χ3n) is 2.40. The first-order valence-electron chi connectivity index (χ1n) is 5.56. The fraction of sp³-hybridized carbons (Fsp3) is 0.333. The van der Waals surface area contributed by atoms with Crippen molar-refractivity contribution in [2.24, 2.45) is 5.92 Å². The van der Waals surface area contributed by atoms with E-state index in [9.17, 15) is 9.59 Å². The molecule has 2 amide bonds. The second-order valence-corrected chi connectivity index (χ2v) is 5.61. The minimum Gasteiger partial charge on any atom is -0.480 e. The SMILES string of the molecule is CC(C)[C@H](NC(=O)Nc1cc(Br)ccc1Cl)C(=O)O. The van der Waals surface area contributed by atoms with E-state index in [1.54, 1.807) is 32.0 Å². The number of rotatable bonds is 4. The van der Waals surface area contributed by atoms with E-state index in [-0.39, 0.29) is 5.92 Å². The number of amides is 2. The first kappa shape index (κ1) is 15.8. The van der Waals surface area contributed by atoms with Gasteiger partial charge in [-0.1, -0.05) is 41.4 Å². The number of halogens is 2. The molecule has 0 bridgehead atoms. The van der Waals surface area contributed by atoms with Crippen molar-refractivity contribution >= 4 is 45.2 Å². The number of hydrogen-bond donors (Lipinski definition) is 3. The van der Waals surface area contributed by atoms with Crippen molar-refractivity contribution in [1.82, 2.24) is 5.32 Å². The van der Waals surface area contributed by atoms with E-state index in [0.29, 0.717) is 10.7 Å². The van der Waals surface area contributed by atoms with Gasteiger partial charge in [0.1, 0.15) is 6.04 Å². The summed E-state index contributed by atoms with van der Waals surface area (Å²) in [7, 11) is 0. The lowest BCUT2D eigenvalue weighted by atomic mass is 10.1. The van der Waals surface area contributed by atoms with Gasteiger partial charge in [-0.25, -0.2) is 9.59 Å². The van der Waals surface area contributed by atoms with Crippen LogP contribution in [0.2, 0.25) is 5.02 Å². The lowest BCUT2D eigenvalue weighted by Gasteiger charge is -2.18. The minimum absolute atomic E-state index is 0.221. The molecule has 0 fully saturated rings. The van der Waals surface area contributed by atoms with Gasteiger partial charge in [-0.05, 0) is 24.1 Å². The molecule has 0 radical (unpaired) electrons. The van der Waals surface area contributed by atoms with Gasteiger partial charge < -0.3 is 15.7 Å². The minimum atomic E-state index is -1.08. The average molecular weight is 350 g/mol. The van der Waals surface area contributed by atoms with Gasteiger partial charge in [0, 0.05) is 4.47 Å². The molecule has 5 nitrogen and oxygen atoms in total. The fourth-order valence-corrected chi connectivity index (χ4v) is 1.93. The maximum Gasteiger partial charge on any atom is 0.326 e. The molecule has 0 spiro atoms. The number of benzene rings is 1. The number of carboxylic acid groups (broad SMARTS) is 1. The molecule has 3 N–H and O–H groups in total. The van der Waals surface area contributed by atoms with Crippen LogP contribution in [0.15, 0.2) is 22.7 Å².